The first kappa shape index (κ1) is 12.6. The number of aliphatic hydroxyl groups is 1. The molecule has 5 heteroatoms. The fraction of sp³-hybridized carbons (Fsp3) is 0.455. The predicted octanol–water partition coefficient (Wildman–Crippen LogP) is 1.11. The van der Waals surface area contributed by atoms with E-state index in [0.717, 1.165) is 6.07 Å². The molecular weight excluding hydrogens is 211 g/mol. The summed E-state index contributed by atoms with van der Waals surface area (Å²) in [6.45, 7) is 2.19. The lowest BCUT2D eigenvalue weighted by atomic mass is 10.2. The number of aromatic nitrogens is 1. The Morgan fingerprint density at radius 1 is 1.62 bits per heavy atom. The largest absolute Gasteiger partial charge is 0.393 e. The summed E-state index contributed by atoms with van der Waals surface area (Å²) in [5.74, 6) is -0.885. The number of halogens is 1. The molecule has 2 N–H and O–H groups in total. The van der Waals surface area contributed by atoms with Gasteiger partial charge < -0.3 is 10.4 Å². The maximum absolute atomic E-state index is 12.5. The van der Waals surface area contributed by atoms with Gasteiger partial charge in [-0.2, -0.15) is 4.39 Å². The van der Waals surface area contributed by atoms with Crippen molar-refractivity contribution in [1.82, 2.24) is 10.3 Å². The molecule has 1 unspecified atom stereocenters. The number of pyridine rings is 1. The molecule has 0 bridgehead atoms. The first-order chi connectivity index (χ1) is 7.59. The monoisotopic (exact) mass is 226 g/mol. The van der Waals surface area contributed by atoms with Crippen molar-refractivity contribution in [3.05, 3.63) is 29.8 Å². The molecule has 1 aromatic rings. The van der Waals surface area contributed by atoms with Gasteiger partial charge in [0.15, 0.2) is 0 Å². The molecule has 0 aromatic carbocycles. The second-order valence-electron chi connectivity index (χ2n) is 3.62. The summed E-state index contributed by atoms with van der Waals surface area (Å²) in [6, 6.07) is 2.52. The maximum atomic E-state index is 12.5. The van der Waals surface area contributed by atoms with Crippen LogP contribution >= 0.6 is 0 Å². The zero-order valence-corrected chi connectivity index (χ0v) is 9.11. The Balaban J connectivity index is 2.32. The van der Waals surface area contributed by atoms with E-state index in [-0.39, 0.29) is 12.0 Å². The average molecular weight is 226 g/mol. The van der Waals surface area contributed by atoms with Crippen LogP contribution in [0.2, 0.25) is 0 Å². The minimum Gasteiger partial charge on any atom is -0.393 e. The van der Waals surface area contributed by atoms with Gasteiger partial charge in [0.1, 0.15) is 0 Å². The molecule has 1 amide bonds. The Morgan fingerprint density at radius 3 is 2.94 bits per heavy atom. The van der Waals surface area contributed by atoms with Gasteiger partial charge in [-0.3, -0.25) is 4.79 Å². The Hall–Kier alpha value is -1.49. The number of aliphatic hydroxyl groups excluding tert-OH is 1. The summed E-state index contributed by atoms with van der Waals surface area (Å²) < 4.78 is 12.5. The summed E-state index contributed by atoms with van der Waals surface area (Å²) in [4.78, 5) is 14.9. The van der Waals surface area contributed by atoms with Crippen molar-refractivity contribution in [2.75, 3.05) is 6.54 Å². The summed E-state index contributed by atoms with van der Waals surface area (Å²) in [6.07, 6.45) is 2.18. The van der Waals surface area contributed by atoms with Crippen LogP contribution in [0.4, 0.5) is 4.39 Å². The van der Waals surface area contributed by atoms with E-state index in [1.165, 1.54) is 12.3 Å². The zero-order chi connectivity index (χ0) is 12.0. The molecule has 1 heterocycles. The Morgan fingerprint density at radius 2 is 2.38 bits per heavy atom. The van der Waals surface area contributed by atoms with Crippen LogP contribution in [-0.4, -0.2) is 28.6 Å². The van der Waals surface area contributed by atoms with Gasteiger partial charge in [-0.15, -0.1) is 0 Å². The van der Waals surface area contributed by atoms with Gasteiger partial charge in [0, 0.05) is 12.7 Å². The highest BCUT2D eigenvalue weighted by atomic mass is 19.1. The van der Waals surface area contributed by atoms with E-state index in [4.69, 9.17) is 5.11 Å². The van der Waals surface area contributed by atoms with Gasteiger partial charge in [0.2, 0.25) is 5.95 Å². The Labute approximate surface area is 93.5 Å². The molecule has 0 aliphatic carbocycles. The summed E-state index contributed by atoms with van der Waals surface area (Å²) >= 11 is 0. The summed E-state index contributed by atoms with van der Waals surface area (Å²) in [5.41, 5.74) is 0.332. The Bertz CT molecular complexity index is 338. The number of rotatable bonds is 5. The molecule has 16 heavy (non-hydrogen) atoms. The molecule has 0 aliphatic rings. The van der Waals surface area contributed by atoms with E-state index in [1.54, 1.807) is 6.92 Å². The fourth-order valence-electron chi connectivity index (χ4n) is 1.21. The summed E-state index contributed by atoms with van der Waals surface area (Å²) in [5, 5.41) is 11.7. The highest BCUT2D eigenvalue weighted by Gasteiger charge is 2.05. The van der Waals surface area contributed by atoms with Crippen LogP contribution in [0.25, 0.3) is 0 Å². The van der Waals surface area contributed by atoms with Crippen molar-refractivity contribution in [1.29, 1.82) is 0 Å². The number of carbonyl (C=O) groups is 1. The van der Waals surface area contributed by atoms with Crippen molar-refractivity contribution < 1.29 is 14.3 Å². The van der Waals surface area contributed by atoms with Crippen LogP contribution in [0.3, 0.4) is 0 Å². The second kappa shape index (κ2) is 6.17. The normalized spacial score (nSPS) is 12.2. The number of nitrogens with one attached hydrogen (secondary N) is 1. The van der Waals surface area contributed by atoms with E-state index in [2.05, 4.69) is 10.3 Å². The van der Waals surface area contributed by atoms with Gasteiger partial charge in [-0.05, 0) is 31.9 Å². The lowest BCUT2D eigenvalue weighted by Gasteiger charge is -2.06. The number of hydrogen-bond donors (Lipinski definition) is 2. The van der Waals surface area contributed by atoms with Gasteiger partial charge in [0.05, 0.1) is 11.7 Å². The fourth-order valence-corrected chi connectivity index (χ4v) is 1.21. The lowest BCUT2D eigenvalue weighted by molar-refractivity contribution is 0.0949. The van der Waals surface area contributed by atoms with Gasteiger partial charge in [-0.25, -0.2) is 4.98 Å². The minimum atomic E-state index is -0.606. The molecule has 1 atom stereocenters. The topological polar surface area (TPSA) is 62.2 Å². The molecule has 0 radical (unpaired) electrons. The molecule has 0 spiro atoms. The van der Waals surface area contributed by atoms with Crippen LogP contribution in [0, 0.1) is 5.95 Å². The number of carbonyl (C=O) groups excluding carboxylic acids is 1. The molecule has 0 fully saturated rings. The standard InChI is InChI=1S/C11H15FN2O2/c1-8(15)3-2-6-13-11(16)9-4-5-10(12)14-7-9/h4-5,7-8,15H,2-3,6H2,1H3,(H,13,16). The van der Waals surface area contributed by atoms with Crippen molar-refractivity contribution >= 4 is 5.91 Å². The lowest BCUT2D eigenvalue weighted by Crippen LogP contribution is -2.25. The third-order valence-electron chi connectivity index (χ3n) is 2.07. The van der Waals surface area contributed by atoms with Crippen LogP contribution in [0.1, 0.15) is 30.1 Å². The number of hydrogen-bond acceptors (Lipinski definition) is 3. The quantitative estimate of drug-likeness (QED) is 0.584. The molecule has 4 nitrogen and oxygen atoms in total. The SMILES string of the molecule is CC(O)CCCNC(=O)c1ccc(F)nc1. The van der Waals surface area contributed by atoms with Gasteiger partial charge in [-0.1, -0.05) is 0 Å². The predicted molar refractivity (Wildman–Crippen MR) is 57.4 cm³/mol. The highest BCUT2D eigenvalue weighted by molar-refractivity contribution is 5.93. The van der Waals surface area contributed by atoms with E-state index in [9.17, 15) is 9.18 Å². The third-order valence-corrected chi connectivity index (χ3v) is 2.07. The zero-order valence-electron chi connectivity index (χ0n) is 9.11. The highest BCUT2D eigenvalue weighted by Crippen LogP contribution is 1.99. The van der Waals surface area contributed by atoms with Crippen molar-refractivity contribution in [2.24, 2.45) is 0 Å². The first-order valence-electron chi connectivity index (χ1n) is 5.17. The Kier molecular flexibility index (Phi) is 4.85. The van der Waals surface area contributed by atoms with Gasteiger partial charge in [0.25, 0.3) is 5.91 Å². The molecule has 1 rings (SSSR count). The average Bonchev–Trinajstić information content (AvgIpc) is 2.25. The smallest absolute Gasteiger partial charge is 0.252 e. The van der Waals surface area contributed by atoms with Crippen LogP contribution < -0.4 is 5.32 Å². The van der Waals surface area contributed by atoms with E-state index in [0.29, 0.717) is 24.9 Å². The molecule has 0 aliphatic heterocycles. The van der Waals surface area contributed by atoms with E-state index >= 15 is 0 Å². The van der Waals surface area contributed by atoms with E-state index in [1.807, 2.05) is 0 Å². The van der Waals surface area contributed by atoms with Crippen LogP contribution in [-0.2, 0) is 0 Å². The first-order valence-corrected chi connectivity index (χ1v) is 5.17. The van der Waals surface area contributed by atoms with Crippen molar-refractivity contribution in [3.63, 3.8) is 0 Å². The van der Waals surface area contributed by atoms with Crippen molar-refractivity contribution in [3.8, 4) is 0 Å². The molecule has 1 aromatic heterocycles. The second-order valence-corrected chi connectivity index (χ2v) is 3.62. The third kappa shape index (κ3) is 4.35. The van der Waals surface area contributed by atoms with E-state index < -0.39 is 5.95 Å². The van der Waals surface area contributed by atoms with Gasteiger partial charge >= 0.3 is 0 Å². The van der Waals surface area contributed by atoms with Crippen LogP contribution in [0.15, 0.2) is 18.3 Å². The number of amides is 1. The molecule has 0 saturated heterocycles. The minimum absolute atomic E-state index is 0.280. The van der Waals surface area contributed by atoms with Crippen molar-refractivity contribution in [2.45, 2.75) is 25.9 Å². The molecular formula is C11H15FN2O2. The van der Waals surface area contributed by atoms with Crippen LogP contribution in [0.5, 0.6) is 0 Å². The number of nitrogens with zero attached hydrogens (tertiary/aromatic N) is 1. The molecule has 88 valence electrons. The molecule has 0 saturated carbocycles. The maximum Gasteiger partial charge on any atom is 0.252 e. The summed E-state index contributed by atoms with van der Waals surface area (Å²) in [7, 11) is 0.